The number of hydrogen-bond donors (Lipinski definition) is 2. The van der Waals surface area contributed by atoms with Gasteiger partial charge in [0.05, 0.1) is 6.33 Å². The van der Waals surface area contributed by atoms with Gasteiger partial charge in [0.15, 0.2) is 5.03 Å². The summed E-state index contributed by atoms with van der Waals surface area (Å²) in [6.07, 6.45) is 3.57. The lowest BCUT2D eigenvalue weighted by Gasteiger charge is -2.12. The number of aryl methyl sites for hydroxylation is 1. The van der Waals surface area contributed by atoms with Gasteiger partial charge in [0.25, 0.3) is 10.0 Å². The van der Waals surface area contributed by atoms with Crippen LogP contribution in [0.1, 0.15) is 26.7 Å². The molecule has 102 valence electrons. The molecule has 1 heterocycles. The maximum atomic E-state index is 11.9. The summed E-state index contributed by atoms with van der Waals surface area (Å²) in [5, 5.41) is 8.75. The molecule has 0 aromatic carbocycles. The van der Waals surface area contributed by atoms with Gasteiger partial charge in [-0.2, -0.15) is 4.72 Å². The van der Waals surface area contributed by atoms with Crippen molar-refractivity contribution in [1.29, 1.82) is 0 Å². The van der Waals surface area contributed by atoms with E-state index in [0.717, 1.165) is 0 Å². The molecule has 1 aromatic rings. The number of hydrogen-bond acceptors (Lipinski definition) is 4. The highest BCUT2D eigenvalue weighted by atomic mass is 32.2. The molecule has 0 radical (unpaired) electrons. The van der Waals surface area contributed by atoms with Crippen LogP contribution in [0.2, 0.25) is 0 Å². The van der Waals surface area contributed by atoms with E-state index in [1.165, 1.54) is 12.5 Å². The third-order valence-corrected chi connectivity index (χ3v) is 3.78. The SMILES string of the molecule is CCCC(NS(=O)(=O)c1cn(CC)cn1)C(=O)O. The Labute approximate surface area is 106 Å². The van der Waals surface area contributed by atoms with Gasteiger partial charge in [-0.1, -0.05) is 13.3 Å². The fraction of sp³-hybridized carbons (Fsp3) is 0.600. The van der Waals surface area contributed by atoms with Crippen molar-refractivity contribution in [2.24, 2.45) is 0 Å². The number of aromatic nitrogens is 2. The number of rotatable bonds is 7. The van der Waals surface area contributed by atoms with E-state index >= 15 is 0 Å². The van der Waals surface area contributed by atoms with Gasteiger partial charge in [0.2, 0.25) is 0 Å². The second-order valence-corrected chi connectivity index (χ2v) is 5.50. The van der Waals surface area contributed by atoms with Crippen molar-refractivity contribution in [2.45, 2.75) is 44.3 Å². The molecule has 0 saturated heterocycles. The number of nitrogens with zero attached hydrogens (tertiary/aromatic N) is 2. The lowest BCUT2D eigenvalue weighted by atomic mass is 10.2. The zero-order chi connectivity index (χ0) is 13.8. The zero-order valence-corrected chi connectivity index (χ0v) is 11.1. The molecule has 0 fully saturated rings. The van der Waals surface area contributed by atoms with Gasteiger partial charge in [0.1, 0.15) is 6.04 Å². The van der Waals surface area contributed by atoms with Crippen LogP contribution in [0, 0.1) is 0 Å². The van der Waals surface area contributed by atoms with Crippen molar-refractivity contribution < 1.29 is 18.3 Å². The minimum atomic E-state index is -3.88. The molecule has 0 aliphatic heterocycles. The molecule has 0 aliphatic carbocycles. The second kappa shape index (κ2) is 5.96. The number of nitrogens with one attached hydrogen (secondary N) is 1. The maximum Gasteiger partial charge on any atom is 0.321 e. The van der Waals surface area contributed by atoms with Gasteiger partial charge in [0, 0.05) is 12.7 Å². The average Bonchev–Trinajstić information content (AvgIpc) is 2.77. The first-order valence-corrected chi connectivity index (χ1v) is 7.16. The Balaban J connectivity index is 2.89. The summed E-state index contributed by atoms with van der Waals surface area (Å²) in [4.78, 5) is 14.7. The Bertz CT molecular complexity index is 509. The number of aliphatic carboxylic acids is 1. The van der Waals surface area contributed by atoms with Crippen LogP contribution in [-0.4, -0.2) is 35.1 Å². The van der Waals surface area contributed by atoms with Crippen LogP contribution in [0.5, 0.6) is 0 Å². The first-order valence-electron chi connectivity index (χ1n) is 5.67. The van der Waals surface area contributed by atoms with E-state index in [1.54, 1.807) is 11.5 Å². The van der Waals surface area contributed by atoms with E-state index in [-0.39, 0.29) is 11.4 Å². The fourth-order valence-corrected chi connectivity index (χ4v) is 2.59. The highest BCUT2D eigenvalue weighted by molar-refractivity contribution is 7.89. The number of carboxylic acids is 1. The minimum Gasteiger partial charge on any atom is -0.480 e. The van der Waals surface area contributed by atoms with Crippen molar-refractivity contribution in [2.75, 3.05) is 0 Å². The van der Waals surface area contributed by atoms with Gasteiger partial charge in [-0.25, -0.2) is 13.4 Å². The van der Waals surface area contributed by atoms with E-state index in [0.29, 0.717) is 13.0 Å². The van der Waals surface area contributed by atoms with E-state index in [4.69, 9.17) is 5.11 Å². The number of carbonyl (C=O) groups is 1. The molecule has 0 amide bonds. The smallest absolute Gasteiger partial charge is 0.321 e. The summed E-state index contributed by atoms with van der Waals surface area (Å²) in [6.45, 7) is 4.23. The van der Waals surface area contributed by atoms with Crippen molar-refractivity contribution >= 4 is 16.0 Å². The predicted octanol–water partition coefficient (Wildman–Crippen LogP) is 0.435. The molecule has 1 unspecified atom stereocenters. The Morgan fingerprint density at radius 2 is 2.22 bits per heavy atom. The lowest BCUT2D eigenvalue weighted by molar-refractivity contribution is -0.139. The molecular formula is C10H17N3O4S. The predicted molar refractivity (Wildman–Crippen MR) is 64.6 cm³/mol. The van der Waals surface area contributed by atoms with E-state index < -0.39 is 22.0 Å². The third-order valence-electron chi connectivity index (χ3n) is 2.42. The lowest BCUT2D eigenvalue weighted by Crippen LogP contribution is -2.40. The quantitative estimate of drug-likeness (QED) is 0.751. The van der Waals surface area contributed by atoms with Crippen LogP contribution in [0.3, 0.4) is 0 Å². The van der Waals surface area contributed by atoms with E-state index in [1.807, 2.05) is 6.92 Å². The monoisotopic (exact) mass is 275 g/mol. The largest absolute Gasteiger partial charge is 0.480 e. The molecule has 0 spiro atoms. The molecule has 0 bridgehead atoms. The molecule has 1 aromatic heterocycles. The first-order chi connectivity index (χ1) is 8.40. The molecular weight excluding hydrogens is 258 g/mol. The Kier molecular flexibility index (Phi) is 4.85. The van der Waals surface area contributed by atoms with Crippen molar-refractivity contribution in [3.63, 3.8) is 0 Å². The van der Waals surface area contributed by atoms with Gasteiger partial charge < -0.3 is 9.67 Å². The molecule has 1 rings (SSSR count). The molecule has 18 heavy (non-hydrogen) atoms. The van der Waals surface area contributed by atoms with Crippen LogP contribution < -0.4 is 4.72 Å². The molecule has 0 aliphatic rings. The number of carboxylic acid groups (broad SMARTS) is 1. The van der Waals surface area contributed by atoms with Crippen molar-refractivity contribution in [3.05, 3.63) is 12.5 Å². The van der Waals surface area contributed by atoms with Gasteiger partial charge in [-0.15, -0.1) is 0 Å². The van der Waals surface area contributed by atoms with Crippen LogP contribution in [0.15, 0.2) is 17.6 Å². The summed E-state index contributed by atoms with van der Waals surface area (Å²) in [5.41, 5.74) is 0. The topological polar surface area (TPSA) is 101 Å². The van der Waals surface area contributed by atoms with E-state index in [2.05, 4.69) is 9.71 Å². The summed E-state index contributed by atoms with van der Waals surface area (Å²) >= 11 is 0. The summed E-state index contributed by atoms with van der Waals surface area (Å²) in [6, 6.07) is -1.12. The summed E-state index contributed by atoms with van der Waals surface area (Å²) < 4.78 is 27.5. The summed E-state index contributed by atoms with van der Waals surface area (Å²) in [5.74, 6) is -1.18. The number of sulfonamides is 1. The molecule has 7 nitrogen and oxygen atoms in total. The molecule has 0 saturated carbocycles. The zero-order valence-electron chi connectivity index (χ0n) is 10.3. The van der Waals surface area contributed by atoms with Crippen LogP contribution in [0.4, 0.5) is 0 Å². The summed E-state index contributed by atoms with van der Waals surface area (Å²) in [7, 11) is -3.88. The Hall–Kier alpha value is -1.41. The first kappa shape index (κ1) is 14.7. The van der Waals surface area contributed by atoms with Crippen molar-refractivity contribution in [3.8, 4) is 0 Å². The fourth-order valence-electron chi connectivity index (χ4n) is 1.42. The van der Waals surface area contributed by atoms with Gasteiger partial charge in [-0.05, 0) is 13.3 Å². The normalized spacial score (nSPS) is 13.4. The molecule has 8 heteroatoms. The Morgan fingerprint density at radius 1 is 1.56 bits per heavy atom. The minimum absolute atomic E-state index is 0.160. The standard InChI is InChI=1S/C10H17N3O4S/c1-3-5-8(10(14)15)12-18(16,17)9-6-13(4-2)7-11-9/h6-8,12H,3-5H2,1-2H3,(H,14,15). The average molecular weight is 275 g/mol. The van der Waals surface area contributed by atoms with E-state index in [9.17, 15) is 13.2 Å². The highest BCUT2D eigenvalue weighted by Gasteiger charge is 2.26. The highest BCUT2D eigenvalue weighted by Crippen LogP contribution is 2.08. The maximum absolute atomic E-state index is 11.9. The Morgan fingerprint density at radius 3 is 2.67 bits per heavy atom. The van der Waals surface area contributed by atoms with Gasteiger partial charge in [-0.3, -0.25) is 4.79 Å². The third kappa shape index (κ3) is 3.54. The van der Waals surface area contributed by atoms with Gasteiger partial charge >= 0.3 is 5.97 Å². The molecule has 2 N–H and O–H groups in total. The van der Waals surface area contributed by atoms with Crippen LogP contribution in [0.25, 0.3) is 0 Å². The van der Waals surface area contributed by atoms with Crippen LogP contribution >= 0.6 is 0 Å². The molecule has 1 atom stereocenters. The van der Waals surface area contributed by atoms with Crippen LogP contribution in [-0.2, 0) is 21.4 Å². The second-order valence-electron chi connectivity index (χ2n) is 3.84. The number of imidazole rings is 1. The van der Waals surface area contributed by atoms with Crippen molar-refractivity contribution in [1.82, 2.24) is 14.3 Å².